The third kappa shape index (κ3) is 4.26. The molecule has 3 rings (SSSR count). The number of anilines is 1. The Hall–Kier alpha value is -1.83. The zero-order chi connectivity index (χ0) is 20.5. The highest BCUT2D eigenvalue weighted by Gasteiger charge is 2.25. The first kappa shape index (κ1) is 20.9. The molecule has 0 bridgehead atoms. The molecule has 0 unspecified atom stereocenters. The van der Waals surface area contributed by atoms with Crippen LogP contribution in [0.15, 0.2) is 46.2 Å². The lowest BCUT2D eigenvalue weighted by Gasteiger charge is -2.30. The fourth-order valence-electron chi connectivity index (χ4n) is 3.23. The summed E-state index contributed by atoms with van der Waals surface area (Å²) in [5.41, 5.74) is 4.20. The van der Waals surface area contributed by atoms with Crippen LogP contribution in [-0.4, -0.2) is 45.0 Å². The van der Waals surface area contributed by atoms with Crippen LogP contribution in [-0.2, 0) is 21.2 Å². The quantitative estimate of drug-likeness (QED) is 0.696. The lowest BCUT2D eigenvalue weighted by molar-refractivity contribution is -0.116. The third-order valence-electron chi connectivity index (χ3n) is 5.09. The predicted octanol–water partition coefficient (Wildman–Crippen LogP) is 3.63. The Morgan fingerprint density at radius 2 is 1.86 bits per heavy atom. The second-order valence-electron chi connectivity index (χ2n) is 7.26. The number of carbonyl (C=O) groups is 1. The molecule has 0 spiro atoms. The van der Waals surface area contributed by atoms with Crippen LogP contribution in [0.2, 0.25) is 0 Å². The number of amides is 1. The number of nitrogens with zero attached hydrogens (tertiary/aromatic N) is 2. The molecule has 5 nitrogen and oxygen atoms in total. The van der Waals surface area contributed by atoms with Gasteiger partial charge >= 0.3 is 0 Å². The minimum absolute atomic E-state index is 0.0485. The van der Waals surface area contributed by atoms with Crippen molar-refractivity contribution < 1.29 is 13.2 Å². The van der Waals surface area contributed by atoms with E-state index in [4.69, 9.17) is 0 Å². The molecule has 1 aliphatic rings. The van der Waals surface area contributed by atoms with Gasteiger partial charge in [-0.1, -0.05) is 6.07 Å². The first-order valence-electron chi connectivity index (χ1n) is 9.26. The Balaban J connectivity index is 1.77. The summed E-state index contributed by atoms with van der Waals surface area (Å²) in [7, 11) is -0.431. The number of fused-ring (bicyclic) bond motifs is 1. The maximum absolute atomic E-state index is 12.9. The topological polar surface area (TPSA) is 57.7 Å². The molecule has 0 N–H and O–H groups in total. The molecule has 0 saturated heterocycles. The first-order chi connectivity index (χ1) is 13.2. The van der Waals surface area contributed by atoms with Gasteiger partial charge in [-0.25, -0.2) is 12.7 Å². The molecule has 2 aromatic carbocycles. The van der Waals surface area contributed by atoms with Crippen molar-refractivity contribution >= 4 is 33.4 Å². The van der Waals surface area contributed by atoms with Crippen molar-refractivity contribution in [2.45, 2.75) is 36.5 Å². The summed E-state index contributed by atoms with van der Waals surface area (Å²) in [6.45, 7) is 4.81. The maximum atomic E-state index is 12.9. The molecule has 2 aromatic rings. The van der Waals surface area contributed by atoms with E-state index in [1.807, 2.05) is 6.07 Å². The van der Waals surface area contributed by atoms with E-state index in [1.54, 1.807) is 23.1 Å². The Labute approximate surface area is 171 Å². The molecule has 28 heavy (non-hydrogen) atoms. The average molecular weight is 419 g/mol. The van der Waals surface area contributed by atoms with Gasteiger partial charge in [0.25, 0.3) is 0 Å². The Kier molecular flexibility index (Phi) is 6.17. The van der Waals surface area contributed by atoms with Crippen molar-refractivity contribution in [1.82, 2.24) is 4.31 Å². The molecule has 0 radical (unpaired) electrons. The number of sulfonamides is 1. The summed E-state index contributed by atoms with van der Waals surface area (Å²) in [5, 5.41) is 0. The second kappa shape index (κ2) is 8.27. The van der Waals surface area contributed by atoms with E-state index in [0.717, 1.165) is 29.0 Å². The van der Waals surface area contributed by atoms with Gasteiger partial charge < -0.3 is 4.90 Å². The smallest absolute Gasteiger partial charge is 0.242 e. The van der Waals surface area contributed by atoms with Crippen molar-refractivity contribution in [3.8, 4) is 0 Å². The summed E-state index contributed by atoms with van der Waals surface area (Å²) in [5.74, 6) is 0.409. The number of aryl methyl sites for hydroxylation is 3. The van der Waals surface area contributed by atoms with E-state index in [9.17, 15) is 13.2 Å². The molecule has 0 saturated carbocycles. The monoisotopic (exact) mass is 418 g/mol. The van der Waals surface area contributed by atoms with Crippen LogP contribution in [0, 0.1) is 13.8 Å². The van der Waals surface area contributed by atoms with Crippen LogP contribution < -0.4 is 4.90 Å². The van der Waals surface area contributed by atoms with Gasteiger partial charge in [0.05, 0.1) is 10.6 Å². The minimum atomic E-state index is -3.48. The number of benzene rings is 2. The summed E-state index contributed by atoms with van der Waals surface area (Å²) >= 11 is 1.54. The normalized spacial score (nSPS) is 14.2. The largest absolute Gasteiger partial charge is 0.311 e. The molecular weight excluding hydrogens is 392 g/mol. The second-order valence-corrected chi connectivity index (χ2v) is 10.5. The van der Waals surface area contributed by atoms with Gasteiger partial charge in [-0.2, -0.15) is 0 Å². The minimum Gasteiger partial charge on any atom is -0.311 e. The molecule has 0 atom stereocenters. The van der Waals surface area contributed by atoms with E-state index >= 15 is 0 Å². The predicted molar refractivity (Wildman–Crippen MR) is 115 cm³/mol. The molecule has 1 amide bonds. The highest BCUT2D eigenvalue weighted by atomic mass is 32.2. The fourth-order valence-corrected chi connectivity index (χ4v) is 5.05. The number of carbonyl (C=O) groups excluding carboxylic acids is 1. The Morgan fingerprint density at radius 3 is 2.54 bits per heavy atom. The van der Waals surface area contributed by atoms with Gasteiger partial charge in [-0.15, -0.1) is 11.8 Å². The standard InChI is InChI=1S/C21H26N2O3S2/c1-15-7-8-18(12-16(15)2)27-14-21(24)23-11-5-6-17-13-19(9-10-20(17)23)28(25,26)22(3)4/h7-10,12-13H,5-6,11,14H2,1-4H3. The van der Waals surface area contributed by atoms with E-state index in [-0.39, 0.29) is 10.8 Å². The van der Waals surface area contributed by atoms with E-state index in [1.165, 1.54) is 41.3 Å². The maximum Gasteiger partial charge on any atom is 0.242 e. The van der Waals surface area contributed by atoms with E-state index in [2.05, 4.69) is 26.0 Å². The van der Waals surface area contributed by atoms with Crippen molar-refractivity contribution in [2.24, 2.45) is 0 Å². The lowest BCUT2D eigenvalue weighted by Crippen LogP contribution is -2.36. The molecule has 7 heteroatoms. The zero-order valence-corrected chi connectivity index (χ0v) is 18.4. The van der Waals surface area contributed by atoms with Gasteiger partial charge in [0, 0.05) is 31.2 Å². The van der Waals surface area contributed by atoms with E-state index < -0.39 is 10.0 Å². The Bertz CT molecular complexity index is 1000. The van der Waals surface area contributed by atoms with Crippen LogP contribution in [0.5, 0.6) is 0 Å². The molecular formula is C21H26N2O3S2. The van der Waals surface area contributed by atoms with Crippen molar-refractivity contribution in [1.29, 1.82) is 0 Å². The van der Waals surface area contributed by atoms with Gasteiger partial charge in [0.1, 0.15) is 0 Å². The summed E-state index contributed by atoms with van der Waals surface area (Å²) < 4.78 is 26.0. The average Bonchev–Trinajstić information content (AvgIpc) is 2.67. The molecule has 0 aliphatic carbocycles. The van der Waals surface area contributed by atoms with Gasteiger partial charge in [-0.05, 0) is 73.7 Å². The van der Waals surface area contributed by atoms with Crippen molar-refractivity contribution in [3.05, 3.63) is 53.1 Å². The molecule has 1 aliphatic heterocycles. The van der Waals surface area contributed by atoms with Gasteiger partial charge in [-0.3, -0.25) is 4.79 Å². The van der Waals surface area contributed by atoms with Crippen LogP contribution in [0.25, 0.3) is 0 Å². The number of thioether (sulfide) groups is 1. The molecule has 0 fully saturated rings. The van der Waals surface area contributed by atoms with Gasteiger partial charge in [0.15, 0.2) is 0 Å². The highest BCUT2D eigenvalue weighted by molar-refractivity contribution is 8.00. The van der Waals surface area contributed by atoms with Crippen LogP contribution in [0.3, 0.4) is 0 Å². The highest BCUT2D eigenvalue weighted by Crippen LogP contribution is 2.31. The number of hydrogen-bond donors (Lipinski definition) is 0. The summed E-state index contributed by atoms with van der Waals surface area (Å²) in [6.07, 6.45) is 1.61. The first-order valence-corrected chi connectivity index (χ1v) is 11.7. The zero-order valence-electron chi connectivity index (χ0n) is 16.7. The van der Waals surface area contributed by atoms with Crippen molar-refractivity contribution in [2.75, 3.05) is 31.3 Å². The van der Waals surface area contributed by atoms with Crippen LogP contribution >= 0.6 is 11.8 Å². The number of rotatable bonds is 5. The molecule has 150 valence electrons. The fraction of sp³-hybridized carbons (Fsp3) is 0.381. The molecule has 1 heterocycles. The van der Waals surface area contributed by atoms with Crippen LogP contribution in [0.1, 0.15) is 23.1 Å². The third-order valence-corrected chi connectivity index (χ3v) is 7.88. The van der Waals surface area contributed by atoms with Crippen LogP contribution in [0.4, 0.5) is 5.69 Å². The van der Waals surface area contributed by atoms with E-state index in [0.29, 0.717) is 12.3 Å². The summed E-state index contributed by atoms with van der Waals surface area (Å²) in [4.78, 5) is 16.0. The summed E-state index contributed by atoms with van der Waals surface area (Å²) in [6, 6.07) is 11.3. The number of hydrogen-bond acceptors (Lipinski definition) is 4. The molecule has 0 aromatic heterocycles. The Morgan fingerprint density at radius 1 is 1.11 bits per heavy atom. The van der Waals surface area contributed by atoms with Crippen molar-refractivity contribution in [3.63, 3.8) is 0 Å². The van der Waals surface area contributed by atoms with Gasteiger partial charge in [0.2, 0.25) is 15.9 Å². The SMILES string of the molecule is Cc1ccc(SCC(=O)N2CCCc3cc(S(=O)(=O)N(C)C)ccc32)cc1C. The lowest BCUT2D eigenvalue weighted by atomic mass is 10.0.